The fourth-order valence-corrected chi connectivity index (χ4v) is 1.32. The quantitative estimate of drug-likeness (QED) is 0.781. The molecule has 2 aromatic rings. The molecule has 0 unspecified atom stereocenters. The lowest BCUT2D eigenvalue weighted by Gasteiger charge is -2.06. The lowest BCUT2D eigenvalue weighted by Crippen LogP contribution is -2.01. The average Bonchev–Trinajstić information content (AvgIpc) is 2.73. The van der Waals surface area contributed by atoms with Crippen LogP contribution in [0.3, 0.4) is 0 Å². The van der Waals surface area contributed by atoms with Gasteiger partial charge in [0, 0.05) is 12.5 Å². The van der Waals surface area contributed by atoms with Crippen molar-refractivity contribution in [2.75, 3.05) is 0 Å². The first-order valence-electron chi connectivity index (χ1n) is 4.96. The third kappa shape index (κ3) is 2.50. The van der Waals surface area contributed by atoms with Crippen LogP contribution in [0.2, 0.25) is 0 Å². The first-order valence-corrected chi connectivity index (χ1v) is 4.96. The summed E-state index contributed by atoms with van der Waals surface area (Å²) in [5.74, 6) is -2.09. The molecule has 18 heavy (non-hydrogen) atoms. The van der Waals surface area contributed by atoms with Crippen molar-refractivity contribution in [2.45, 2.75) is 13.5 Å². The van der Waals surface area contributed by atoms with Gasteiger partial charge in [0.15, 0.2) is 24.0 Å². The number of rotatable bonds is 4. The molecule has 0 bridgehead atoms. The topological polar surface area (TPSA) is 65.2 Å². The van der Waals surface area contributed by atoms with E-state index in [2.05, 4.69) is 10.2 Å². The number of aldehydes is 1. The Kier molecular flexibility index (Phi) is 3.31. The van der Waals surface area contributed by atoms with E-state index >= 15 is 0 Å². The number of nitrogens with zero attached hydrogens (tertiary/aromatic N) is 2. The molecule has 0 aliphatic heterocycles. The number of ether oxygens (including phenoxy) is 1. The van der Waals surface area contributed by atoms with Crippen LogP contribution in [0, 0.1) is 18.6 Å². The number of aromatic nitrogens is 2. The zero-order chi connectivity index (χ0) is 13.1. The van der Waals surface area contributed by atoms with Gasteiger partial charge in [0.25, 0.3) is 5.89 Å². The normalized spacial score (nSPS) is 10.4. The summed E-state index contributed by atoms with van der Waals surface area (Å²) in [7, 11) is 0. The molecular formula is C11H8F2N2O3. The van der Waals surface area contributed by atoms with E-state index in [9.17, 15) is 13.6 Å². The highest BCUT2D eigenvalue weighted by atomic mass is 19.1. The number of carbonyl (C=O) groups excluding carboxylic acids is 1. The summed E-state index contributed by atoms with van der Waals surface area (Å²) in [5.41, 5.74) is -0.106. The van der Waals surface area contributed by atoms with Crippen LogP contribution in [0.5, 0.6) is 5.75 Å². The summed E-state index contributed by atoms with van der Waals surface area (Å²) in [6, 6.07) is 1.76. The van der Waals surface area contributed by atoms with E-state index in [-0.39, 0.29) is 18.1 Å². The van der Waals surface area contributed by atoms with Crippen molar-refractivity contribution in [3.8, 4) is 5.75 Å². The minimum absolute atomic E-state index is 0.103. The highest BCUT2D eigenvalue weighted by Crippen LogP contribution is 2.23. The van der Waals surface area contributed by atoms with Crippen molar-refractivity contribution in [2.24, 2.45) is 0 Å². The molecule has 0 N–H and O–H groups in total. The lowest BCUT2D eigenvalue weighted by molar-refractivity contribution is 0.112. The van der Waals surface area contributed by atoms with Crippen molar-refractivity contribution >= 4 is 6.29 Å². The number of halogens is 2. The maximum absolute atomic E-state index is 13.4. The van der Waals surface area contributed by atoms with E-state index in [1.807, 2.05) is 0 Å². The molecule has 7 heteroatoms. The Labute approximate surface area is 100 Å². The lowest BCUT2D eigenvalue weighted by atomic mass is 10.2. The highest BCUT2D eigenvalue weighted by Gasteiger charge is 2.14. The standard InChI is InChI=1S/C11H8F2N2O3/c1-6-14-15-10(18-6)5-17-11-8(12)2-7(4-16)3-9(11)13/h2-4H,5H2,1H3. The summed E-state index contributed by atoms with van der Waals surface area (Å²) in [4.78, 5) is 10.4. The minimum Gasteiger partial charge on any atom is -0.478 e. The molecule has 0 saturated heterocycles. The second kappa shape index (κ2) is 4.91. The molecule has 2 rings (SSSR count). The highest BCUT2D eigenvalue weighted by molar-refractivity contribution is 5.75. The van der Waals surface area contributed by atoms with Gasteiger partial charge in [0.2, 0.25) is 5.89 Å². The molecule has 0 aliphatic rings. The van der Waals surface area contributed by atoms with Gasteiger partial charge >= 0.3 is 0 Å². The Balaban J connectivity index is 2.16. The Morgan fingerprint density at radius 2 is 2.00 bits per heavy atom. The van der Waals surface area contributed by atoms with Crippen molar-refractivity contribution in [1.29, 1.82) is 0 Å². The smallest absolute Gasteiger partial charge is 0.253 e. The third-order valence-corrected chi connectivity index (χ3v) is 2.06. The molecule has 1 aromatic carbocycles. The summed E-state index contributed by atoms with van der Waals surface area (Å²) < 4.78 is 36.7. The second-order valence-corrected chi connectivity index (χ2v) is 3.44. The number of benzene rings is 1. The molecule has 1 aromatic heterocycles. The van der Waals surface area contributed by atoms with Crippen molar-refractivity contribution in [3.63, 3.8) is 0 Å². The summed E-state index contributed by atoms with van der Waals surface area (Å²) in [6.07, 6.45) is 0.345. The van der Waals surface area contributed by atoms with Crippen LogP contribution in [-0.2, 0) is 6.61 Å². The largest absolute Gasteiger partial charge is 0.478 e. The molecule has 94 valence electrons. The molecule has 5 nitrogen and oxygen atoms in total. The van der Waals surface area contributed by atoms with E-state index in [0.29, 0.717) is 12.2 Å². The van der Waals surface area contributed by atoms with Crippen molar-refractivity contribution < 1.29 is 22.7 Å². The number of hydrogen-bond acceptors (Lipinski definition) is 5. The van der Waals surface area contributed by atoms with Crippen LogP contribution in [0.25, 0.3) is 0 Å². The molecular weight excluding hydrogens is 246 g/mol. The zero-order valence-electron chi connectivity index (χ0n) is 9.31. The zero-order valence-corrected chi connectivity index (χ0v) is 9.31. The van der Waals surface area contributed by atoms with Gasteiger partial charge in [-0.3, -0.25) is 4.79 Å². The fraction of sp³-hybridized carbons (Fsp3) is 0.182. The van der Waals surface area contributed by atoms with Crippen LogP contribution < -0.4 is 4.74 Å². The predicted octanol–water partition coefficient (Wildman–Crippen LogP) is 2.05. The second-order valence-electron chi connectivity index (χ2n) is 3.44. The van der Waals surface area contributed by atoms with Crippen molar-refractivity contribution in [1.82, 2.24) is 10.2 Å². The van der Waals surface area contributed by atoms with Gasteiger partial charge in [-0.15, -0.1) is 10.2 Å². The maximum Gasteiger partial charge on any atom is 0.253 e. The Morgan fingerprint density at radius 3 is 2.50 bits per heavy atom. The van der Waals surface area contributed by atoms with Crippen LogP contribution in [0.1, 0.15) is 22.1 Å². The van der Waals surface area contributed by atoms with Gasteiger partial charge in [0.1, 0.15) is 6.29 Å². The van der Waals surface area contributed by atoms with E-state index in [4.69, 9.17) is 9.15 Å². The molecule has 0 atom stereocenters. The molecule has 0 amide bonds. The van der Waals surface area contributed by atoms with E-state index < -0.39 is 17.4 Å². The molecule has 0 fully saturated rings. The summed E-state index contributed by atoms with van der Waals surface area (Å²) in [5, 5.41) is 7.15. The molecule has 0 spiro atoms. The third-order valence-electron chi connectivity index (χ3n) is 2.06. The Morgan fingerprint density at radius 1 is 1.33 bits per heavy atom. The van der Waals surface area contributed by atoms with Crippen LogP contribution in [-0.4, -0.2) is 16.5 Å². The Bertz CT molecular complexity index is 560. The van der Waals surface area contributed by atoms with Gasteiger partial charge in [0.05, 0.1) is 0 Å². The average molecular weight is 254 g/mol. The maximum atomic E-state index is 13.4. The van der Waals surface area contributed by atoms with Gasteiger partial charge in [-0.1, -0.05) is 0 Å². The fourth-order valence-electron chi connectivity index (χ4n) is 1.32. The molecule has 0 saturated carbocycles. The van der Waals surface area contributed by atoms with Gasteiger partial charge in [-0.25, -0.2) is 8.78 Å². The first-order chi connectivity index (χ1) is 8.60. The monoisotopic (exact) mass is 254 g/mol. The van der Waals surface area contributed by atoms with E-state index in [0.717, 1.165) is 12.1 Å². The van der Waals surface area contributed by atoms with Crippen molar-refractivity contribution in [3.05, 3.63) is 41.1 Å². The summed E-state index contributed by atoms with van der Waals surface area (Å²) in [6.45, 7) is 1.33. The number of hydrogen-bond donors (Lipinski definition) is 0. The van der Waals surface area contributed by atoms with Crippen LogP contribution in [0.4, 0.5) is 8.78 Å². The van der Waals surface area contributed by atoms with Crippen LogP contribution >= 0.6 is 0 Å². The molecule has 0 radical (unpaired) electrons. The van der Waals surface area contributed by atoms with Crippen LogP contribution in [0.15, 0.2) is 16.5 Å². The van der Waals surface area contributed by atoms with Gasteiger partial charge in [-0.2, -0.15) is 0 Å². The molecule has 0 aliphatic carbocycles. The predicted molar refractivity (Wildman–Crippen MR) is 55.1 cm³/mol. The SMILES string of the molecule is Cc1nnc(COc2c(F)cc(C=O)cc2F)o1. The Hall–Kier alpha value is -2.31. The molecule has 1 heterocycles. The van der Waals surface area contributed by atoms with Gasteiger partial charge < -0.3 is 9.15 Å². The minimum atomic E-state index is -0.965. The van der Waals surface area contributed by atoms with Gasteiger partial charge in [-0.05, 0) is 12.1 Å². The van der Waals surface area contributed by atoms with E-state index in [1.165, 1.54) is 0 Å². The summed E-state index contributed by atoms with van der Waals surface area (Å²) >= 11 is 0. The number of carbonyl (C=O) groups is 1. The van der Waals surface area contributed by atoms with E-state index in [1.54, 1.807) is 6.92 Å². The number of aryl methyl sites for hydroxylation is 1. The first kappa shape index (κ1) is 12.2.